The van der Waals surface area contributed by atoms with Crippen molar-refractivity contribution in [1.82, 2.24) is 19.2 Å². The lowest BCUT2D eigenvalue weighted by atomic mass is 10.2. The largest absolute Gasteiger partial charge is 0.484 e. The summed E-state index contributed by atoms with van der Waals surface area (Å²) < 4.78 is 9.18. The highest BCUT2D eigenvalue weighted by atomic mass is 35.5. The van der Waals surface area contributed by atoms with Crippen LogP contribution < -0.4 is 10.3 Å². The SMILES string of the molecule is CCn1c(=O)c2ccccc2n2c(COc3ccc(C#N)cc3Cl)nnc12. The van der Waals surface area contributed by atoms with Gasteiger partial charge in [-0.15, -0.1) is 10.2 Å². The molecule has 4 aromatic rings. The zero-order valence-corrected chi connectivity index (χ0v) is 15.1. The number of nitriles is 1. The fourth-order valence-electron chi connectivity index (χ4n) is 3.02. The van der Waals surface area contributed by atoms with E-state index in [0.717, 1.165) is 5.52 Å². The Bertz CT molecular complexity index is 1270. The molecule has 2 aromatic carbocycles. The van der Waals surface area contributed by atoms with Gasteiger partial charge in [0.1, 0.15) is 12.4 Å². The summed E-state index contributed by atoms with van der Waals surface area (Å²) in [7, 11) is 0. The second-order valence-electron chi connectivity index (χ2n) is 5.86. The summed E-state index contributed by atoms with van der Waals surface area (Å²) in [6.07, 6.45) is 0. The number of aromatic nitrogens is 4. The molecule has 0 saturated carbocycles. The van der Waals surface area contributed by atoms with Crippen LogP contribution in [0.1, 0.15) is 18.3 Å². The lowest BCUT2D eigenvalue weighted by Crippen LogP contribution is -2.22. The topological polar surface area (TPSA) is 85.2 Å². The Hall–Kier alpha value is -3.37. The van der Waals surface area contributed by atoms with Gasteiger partial charge in [0.15, 0.2) is 5.82 Å². The van der Waals surface area contributed by atoms with Crippen LogP contribution in [0.4, 0.5) is 0 Å². The molecule has 8 heteroatoms. The van der Waals surface area contributed by atoms with Crippen molar-refractivity contribution in [3.63, 3.8) is 0 Å². The first-order valence-electron chi connectivity index (χ1n) is 8.32. The van der Waals surface area contributed by atoms with Crippen LogP contribution in [0.5, 0.6) is 5.75 Å². The van der Waals surface area contributed by atoms with Crippen molar-refractivity contribution in [3.8, 4) is 11.8 Å². The van der Waals surface area contributed by atoms with E-state index < -0.39 is 0 Å². The first-order chi connectivity index (χ1) is 13.1. The van der Waals surface area contributed by atoms with E-state index in [-0.39, 0.29) is 12.2 Å². The van der Waals surface area contributed by atoms with Gasteiger partial charge in [0.05, 0.1) is 27.6 Å². The standard InChI is InChI=1S/C19H14ClN5O2/c1-2-24-18(26)13-5-3-4-6-15(13)25-17(22-23-19(24)25)11-27-16-8-7-12(10-21)9-14(16)20/h3-9H,2,11H2,1H3. The summed E-state index contributed by atoms with van der Waals surface area (Å²) in [5, 5.41) is 18.2. The summed E-state index contributed by atoms with van der Waals surface area (Å²) in [6.45, 7) is 2.48. The molecule has 0 spiro atoms. The lowest BCUT2D eigenvalue weighted by Gasteiger charge is -2.10. The number of ether oxygens (including phenoxy) is 1. The molecule has 0 bridgehead atoms. The minimum Gasteiger partial charge on any atom is -0.484 e. The summed E-state index contributed by atoms with van der Waals surface area (Å²) in [5.41, 5.74) is 1.07. The first kappa shape index (κ1) is 17.1. The van der Waals surface area contributed by atoms with Crippen LogP contribution in [0.25, 0.3) is 16.7 Å². The molecule has 0 fully saturated rings. The number of para-hydroxylation sites is 1. The van der Waals surface area contributed by atoms with Crippen LogP contribution in [-0.4, -0.2) is 19.2 Å². The average molecular weight is 380 g/mol. The molecule has 27 heavy (non-hydrogen) atoms. The number of benzene rings is 2. The summed E-state index contributed by atoms with van der Waals surface area (Å²) >= 11 is 6.17. The van der Waals surface area contributed by atoms with Crippen LogP contribution in [-0.2, 0) is 13.2 Å². The van der Waals surface area contributed by atoms with Crippen LogP contribution in [0.15, 0.2) is 47.3 Å². The Labute approximate surface area is 159 Å². The Balaban J connectivity index is 1.81. The van der Waals surface area contributed by atoms with Crippen LogP contribution in [0.2, 0.25) is 5.02 Å². The van der Waals surface area contributed by atoms with Gasteiger partial charge < -0.3 is 4.74 Å². The summed E-state index contributed by atoms with van der Waals surface area (Å²) in [4.78, 5) is 12.7. The maximum absolute atomic E-state index is 12.7. The number of hydrogen-bond donors (Lipinski definition) is 0. The molecule has 134 valence electrons. The van der Waals surface area contributed by atoms with Crippen molar-refractivity contribution >= 4 is 28.3 Å². The number of fused-ring (bicyclic) bond motifs is 3. The normalized spacial score (nSPS) is 11.0. The molecule has 0 aliphatic rings. The molecular formula is C19H14ClN5O2. The van der Waals surface area contributed by atoms with E-state index >= 15 is 0 Å². The highest BCUT2D eigenvalue weighted by Gasteiger charge is 2.16. The molecule has 2 heterocycles. The maximum Gasteiger partial charge on any atom is 0.262 e. The second-order valence-corrected chi connectivity index (χ2v) is 6.27. The van der Waals surface area contributed by atoms with Gasteiger partial charge >= 0.3 is 0 Å². The van der Waals surface area contributed by atoms with Gasteiger partial charge in [-0.2, -0.15) is 5.26 Å². The molecule has 0 amide bonds. The third-order valence-corrected chi connectivity index (χ3v) is 4.60. The molecule has 0 N–H and O–H groups in total. The summed E-state index contributed by atoms with van der Waals surface area (Å²) in [6, 6.07) is 14.2. The molecule has 0 saturated heterocycles. The van der Waals surface area contributed by atoms with Crippen LogP contribution in [0, 0.1) is 11.3 Å². The first-order valence-corrected chi connectivity index (χ1v) is 8.69. The third kappa shape index (κ3) is 2.80. The quantitative estimate of drug-likeness (QED) is 0.543. The van der Waals surface area contributed by atoms with Gasteiger partial charge in [0, 0.05) is 6.54 Å². The van der Waals surface area contributed by atoms with E-state index in [1.807, 2.05) is 35.6 Å². The van der Waals surface area contributed by atoms with Crippen molar-refractivity contribution in [3.05, 3.63) is 69.2 Å². The second kappa shape index (κ2) is 6.74. The molecule has 7 nitrogen and oxygen atoms in total. The maximum atomic E-state index is 12.7. The Morgan fingerprint density at radius 2 is 2.04 bits per heavy atom. The number of hydrogen-bond acceptors (Lipinski definition) is 5. The lowest BCUT2D eigenvalue weighted by molar-refractivity contribution is 0.295. The number of aryl methyl sites for hydroxylation is 1. The van der Waals surface area contributed by atoms with E-state index in [2.05, 4.69) is 10.2 Å². The minimum atomic E-state index is -0.101. The molecule has 0 aliphatic carbocycles. The average Bonchev–Trinajstić information content (AvgIpc) is 3.11. The zero-order chi connectivity index (χ0) is 19.0. The van der Waals surface area contributed by atoms with E-state index in [9.17, 15) is 4.79 Å². The van der Waals surface area contributed by atoms with Gasteiger partial charge in [-0.25, -0.2) is 0 Å². The van der Waals surface area contributed by atoms with Crippen molar-refractivity contribution in [2.24, 2.45) is 0 Å². The van der Waals surface area contributed by atoms with Crippen molar-refractivity contribution < 1.29 is 4.74 Å². The molecular weight excluding hydrogens is 366 g/mol. The van der Waals surface area contributed by atoms with Gasteiger partial charge in [-0.1, -0.05) is 23.7 Å². The van der Waals surface area contributed by atoms with Gasteiger partial charge in [0.2, 0.25) is 5.78 Å². The Morgan fingerprint density at radius 1 is 1.22 bits per heavy atom. The number of nitrogens with zero attached hydrogens (tertiary/aromatic N) is 5. The van der Waals surface area contributed by atoms with Gasteiger partial charge in [-0.3, -0.25) is 13.8 Å². The Morgan fingerprint density at radius 3 is 2.78 bits per heavy atom. The number of halogens is 1. The van der Waals surface area contributed by atoms with Crippen LogP contribution in [0.3, 0.4) is 0 Å². The zero-order valence-electron chi connectivity index (χ0n) is 14.4. The number of rotatable bonds is 4. The Kier molecular flexibility index (Phi) is 4.26. The predicted molar refractivity (Wildman–Crippen MR) is 101 cm³/mol. The predicted octanol–water partition coefficient (Wildman–Crippen LogP) is 3.17. The van der Waals surface area contributed by atoms with E-state index in [1.54, 1.807) is 28.8 Å². The van der Waals surface area contributed by atoms with E-state index in [4.69, 9.17) is 21.6 Å². The molecule has 0 atom stereocenters. The van der Waals surface area contributed by atoms with Gasteiger partial charge in [0.25, 0.3) is 5.56 Å². The van der Waals surface area contributed by atoms with E-state index in [1.165, 1.54) is 0 Å². The third-order valence-electron chi connectivity index (χ3n) is 4.31. The minimum absolute atomic E-state index is 0.101. The monoisotopic (exact) mass is 379 g/mol. The molecule has 4 rings (SSSR count). The van der Waals surface area contributed by atoms with Crippen LogP contribution >= 0.6 is 11.6 Å². The smallest absolute Gasteiger partial charge is 0.262 e. The summed E-state index contributed by atoms with van der Waals surface area (Å²) in [5.74, 6) is 1.45. The fraction of sp³-hybridized carbons (Fsp3) is 0.158. The molecule has 0 unspecified atom stereocenters. The van der Waals surface area contributed by atoms with Crippen molar-refractivity contribution in [2.75, 3.05) is 0 Å². The van der Waals surface area contributed by atoms with E-state index in [0.29, 0.717) is 39.9 Å². The fourth-order valence-corrected chi connectivity index (χ4v) is 3.26. The highest BCUT2D eigenvalue weighted by molar-refractivity contribution is 6.32. The molecule has 2 aromatic heterocycles. The molecule has 0 radical (unpaired) electrons. The van der Waals surface area contributed by atoms with Crippen molar-refractivity contribution in [2.45, 2.75) is 20.1 Å². The molecule has 0 aliphatic heterocycles. The van der Waals surface area contributed by atoms with Gasteiger partial charge in [-0.05, 0) is 37.3 Å². The highest BCUT2D eigenvalue weighted by Crippen LogP contribution is 2.26. The van der Waals surface area contributed by atoms with Crippen molar-refractivity contribution in [1.29, 1.82) is 5.26 Å².